The van der Waals surface area contributed by atoms with Gasteiger partial charge in [0.15, 0.2) is 0 Å². The SMILES string of the molecule is COc1cccc(NC(=O)c2cc(OC)c3cc(Cl)ccc3n2)c1. The van der Waals surface area contributed by atoms with Crippen LogP contribution < -0.4 is 14.8 Å². The number of rotatable bonds is 4. The Labute approximate surface area is 144 Å². The van der Waals surface area contributed by atoms with Crippen molar-refractivity contribution in [3.63, 3.8) is 0 Å². The lowest BCUT2D eigenvalue weighted by molar-refractivity contribution is 0.102. The fourth-order valence-electron chi connectivity index (χ4n) is 2.35. The molecule has 0 saturated heterocycles. The lowest BCUT2D eigenvalue weighted by Gasteiger charge is -2.10. The highest BCUT2D eigenvalue weighted by Gasteiger charge is 2.13. The molecule has 1 aromatic heterocycles. The molecule has 1 heterocycles. The Morgan fingerprint density at radius 3 is 2.67 bits per heavy atom. The van der Waals surface area contributed by atoms with Gasteiger partial charge in [-0.05, 0) is 30.3 Å². The van der Waals surface area contributed by atoms with Crippen LogP contribution >= 0.6 is 11.6 Å². The number of carbonyl (C=O) groups excluding carboxylic acids is 1. The first-order valence-corrected chi connectivity index (χ1v) is 7.58. The molecule has 3 aromatic rings. The van der Waals surface area contributed by atoms with Crippen molar-refractivity contribution in [3.8, 4) is 11.5 Å². The Morgan fingerprint density at radius 1 is 1.08 bits per heavy atom. The summed E-state index contributed by atoms with van der Waals surface area (Å²) in [4.78, 5) is 16.9. The van der Waals surface area contributed by atoms with Crippen molar-refractivity contribution in [2.75, 3.05) is 19.5 Å². The van der Waals surface area contributed by atoms with Gasteiger partial charge in [0.25, 0.3) is 5.91 Å². The number of nitrogens with zero attached hydrogens (tertiary/aromatic N) is 1. The van der Waals surface area contributed by atoms with Gasteiger partial charge in [0.1, 0.15) is 17.2 Å². The number of hydrogen-bond donors (Lipinski definition) is 1. The minimum Gasteiger partial charge on any atom is -0.497 e. The molecule has 0 bridgehead atoms. The molecular weight excluding hydrogens is 328 g/mol. The van der Waals surface area contributed by atoms with E-state index in [1.54, 1.807) is 62.8 Å². The lowest BCUT2D eigenvalue weighted by Crippen LogP contribution is -2.14. The van der Waals surface area contributed by atoms with E-state index in [4.69, 9.17) is 21.1 Å². The highest BCUT2D eigenvalue weighted by atomic mass is 35.5. The summed E-state index contributed by atoms with van der Waals surface area (Å²) in [6, 6.07) is 13.9. The van der Waals surface area contributed by atoms with Crippen LogP contribution in [0.25, 0.3) is 10.9 Å². The molecule has 3 rings (SSSR count). The van der Waals surface area contributed by atoms with Crippen LogP contribution in [0.2, 0.25) is 5.02 Å². The number of aromatic nitrogens is 1. The summed E-state index contributed by atoms with van der Waals surface area (Å²) in [5.74, 6) is 0.864. The van der Waals surface area contributed by atoms with E-state index >= 15 is 0 Å². The largest absolute Gasteiger partial charge is 0.497 e. The van der Waals surface area contributed by atoms with Crippen molar-refractivity contribution >= 4 is 34.1 Å². The van der Waals surface area contributed by atoms with Crippen molar-refractivity contribution in [1.82, 2.24) is 4.98 Å². The zero-order valence-electron chi connectivity index (χ0n) is 13.2. The molecule has 0 spiro atoms. The predicted octanol–water partition coefficient (Wildman–Crippen LogP) is 4.16. The van der Waals surface area contributed by atoms with Gasteiger partial charge in [-0.1, -0.05) is 17.7 Å². The van der Waals surface area contributed by atoms with Gasteiger partial charge in [-0.3, -0.25) is 4.79 Å². The van der Waals surface area contributed by atoms with Crippen LogP contribution in [0.1, 0.15) is 10.5 Å². The van der Waals surface area contributed by atoms with E-state index in [0.29, 0.717) is 27.7 Å². The first-order chi connectivity index (χ1) is 11.6. The quantitative estimate of drug-likeness (QED) is 0.773. The van der Waals surface area contributed by atoms with E-state index in [0.717, 1.165) is 5.39 Å². The molecule has 1 amide bonds. The molecule has 0 atom stereocenters. The number of benzene rings is 2. The van der Waals surface area contributed by atoms with E-state index in [-0.39, 0.29) is 11.6 Å². The number of hydrogen-bond acceptors (Lipinski definition) is 4. The van der Waals surface area contributed by atoms with Crippen LogP contribution in [-0.4, -0.2) is 25.1 Å². The number of carbonyl (C=O) groups is 1. The van der Waals surface area contributed by atoms with Gasteiger partial charge in [0.05, 0.1) is 19.7 Å². The van der Waals surface area contributed by atoms with Crippen molar-refractivity contribution in [1.29, 1.82) is 0 Å². The molecule has 0 aliphatic heterocycles. The number of amides is 1. The van der Waals surface area contributed by atoms with Gasteiger partial charge in [-0.2, -0.15) is 0 Å². The third kappa shape index (κ3) is 3.26. The van der Waals surface area contributed by atoms with Crippen LogP contribution in [0.4, 0.5) is 5.69 Å². The van der Waals surface area contributed by atoms with E-state index in [1.807, 2.05) is 0 Å². The summed E-state index contributed by atoms with van der Waals surface area (Å²) < 4.78 is 10.5. The van der Waals surface area contributed by atoms with Crippen LogP contribution in [-0.2, 0) is 0 Å². The molecule has 122 valence electrons. The van der Waals surface area contributed by atoms with Crippen LogP contribution in [0.5, 0.6) is 11.5 Å². The van der Waals surface area contributed by atoms with Gasteiger partial charge in [-0.25, -0.2) is 4.98 Å². The Kier molecular flexibility index (Phi) is 4.53. The summed E-state index contributed by atoms with van der Waals surface area (Å²) in [6.07, 6.45) is 0. The van der Waals surface area contributed by atoms with Crippen molar-refractivity contribution < 1.29 is 14.3 Å². The van der Waals surface area contributed by atoms with Gasteiger partial charge in [0, 0.05) is 28.2 Å². The summed E-state index contributed by atoms with van der Waals surface area (Å²) in [6.45, 7) is 0. The maximum atomic E-state index is 12.5. The molecule has 5 nitrogen and oxygen atoms in total. The summed E-state index contributed by atoms with van der Waals surface area (Å²) in [5, 5.41) is 4.13. The first-order valence-electron chi connectivity index (χ1n) is 7.20. The molecule has 1 N–H and O–H groups in total. The van der Waals surface area contributed by atoms with Gasteiger partial charge >= 0.3 is 0 Å². The molecule has 0 fully saturated rings. The first kappa shape index (κ1) is 16.1. The number of pyridine rings is 1. The number of fused-ring (bicyclic) bond motifs is 1. The van der Waals surface area contributed by atoms with E-state index in [1.165, 1.54) is 0 Å². The second kappa shape index (κ2) is 6.76. The summed E-state index contributed by atoms with van der Waals surface area (Å²) in [7, 11) is 3.11. The smallest absolute Gasteiger partial charge is 0.274 e. The molecule has 24 heavy (non-hydrogen) atoms. The lowest BCUT2D eigenvalue weighted by atomic mass is 10.1. The number of ether oxygens (including phenoxy) is 2. The Hall–Kier alpha value is -2.79. The van der Waals surface area contributed by atoms with Crippen LogP contribution in [0.15, 0.2) is 48.5 Å². The fourth-order valence-corrected chi connectivity index (χ4v) is 2.52. The maximum Gasteiger partial charge on any atom is 0.274 e. The van der Waals surface area contributed by atoms with E-state index < -0.39 is 0 Å². The normalized spacial score (nSPS) is 10.5. The zero-order valence-corrected chi connectivity index (χ0v) is 13.9. The summed E-state index contributed by atoms with van der Waals surface area (Å²) in [5.41, 5.74) is 1.51. The monoisotopic (exact) mass is 342 g/mol. The highest BCUT2D eigenvalue weighted by molar-refractivity contribution is 6.31. The second-order valence-electron chi connectivity index (χ2n) is 5.06. The Balaban J connectivity index is 1.96. The average Bonchev–Trinajstić information content (AvgIpc) is 2.60. The molecule has 6 heteroatoms. The van der Waals surface area contributed by atoms with Crippen molar-refractivity contribution in [2.24, 2.45) is 0 Å². The van der Waals surface area contributed by atoms with E-state index in [2.05, 4.69) is 10.3 Å². The molecule has 0 unspecified atom stereocenters. The fraction of sp³-hybridized carbons (Fsp3) is 0.111. The molecule has 2 aromatic carbocycles. The molecule has 0 aliphatic carbocycles. The number of nitrogens with one attached hydrogen (secondary N) is 1. The molecule has 0 radical (unpaired) electrons. The van der Waals surface area contributed by atoms with Crippen LogP contribution in [0.3, 0.4) is 0 Å². The zero-order chi connectivity index (χ0) is 17.1. The number of methoxy groups -OCH3 is 2. The van der Waals surface area contributed by atoms with Gasteiger partial charge < -0.3 is 14.8 Å². The standard InChI is InChI=1S/C18H15ClN2O3/c1-23-13-5-3-4-12(9-13)20-18(22)16-10-17(24-2)14-8-11(19)6-7-15(14)21-16/h3-10H,1-2H3,(H,20,22). The highest BCUT2D eigenvalue weighted by Crippen LogP contribution is 2.28. The second-order valence-corrected chi connectivity index (χ2v) is 5.49. The number of anilines is 1. The number of halogens is 1. The predicted molar refractivity (Wildman–Crippen MR) is 94.3 cm³/mol. The third-order valence-electron chi connectivity index (χ3n) is 3.51. The minimum atomic E-state index is -0.335. The third-order valence-corrected chi connectivity index (χ3v) is 3.75. The molecular formula is C18H15ClN2O3. The van der Waals surface area contributed by atoms with Crippen molar-refractivity contribution in [2.45, 2.75) is 0 Å². The minimum absolute atomic E-state index is 0.254. The van der Waals surface area contributed by atoms with E-state index in [9.17, 15) is 4.79 Å². The van der Waals surface area contributed by atoms with Crippen molar-refractivity contribution in [3.05, 3.63) is 59.2 Å². The average molecular weight is 343 g/mol. The topological polar surface area (TPSA) is 60.5 Å². The van der Waals surface area contributed by atoms with Crippen LogP contribution in [0, 0.1) is 0 Å². The van der Waals surface area contributed by atoms with Gasteiger partial charge in [-0.15, -0.1) is 0 Å². The summed E-state index contributed by atoms with van der Waals surface area (Å²) >= 11 is 6.01. The Bertz CT molecular complexity index is 912. The van der Waals surface area contributed by atoms with Gasteiger partial charge in [0.2, 0.25) is 0 Å². The maximum absolute atomic E-state index is 12.5. The Morgan fingerprint density at radius 2 is 1.92 bits per heavy atom. The molecule has 0 saturated carbocycles. The molecule has 0 aliphatic rings.